The van der Waals surface area contributed by atoms with Gasteiger partial charge in [0.2, 0.25) is 0 Å². The van der Waals surface area contributed by atoms with E-state index in [2.05, 4.69) is 23.7 Å². The van der Waals surface area contributed by atoms with Gasteiger partial charge in [-0.2, -0.15) is 6.08 Å². The Morgan fingerprint density at radius 3 is 2.65 bits per heavy atom. The van der Waals surface area contributed by atoms with Crippen molar-refractivity contribution in [2.75, 3.05) is 19.6 Å². The SMILES string of the molecule is O=[C-]/C=C/CN1CCC1.[CH2-]c1ncc(C(=O)CCCc2ccccc2Cl)n1[C@H]([CH2-])C.[Li+]. The van der Waals surface area contributed by atoms with Crippen molar-refractivity contribution >= 4 is 23.7 Å². The first-order valence-electron chi connectivity index (χ1n) is 10.2. The largest absolute Gasteiger partial charge is 1.00 e. The standard InChI is InChI=1S/C17H19ClN2O.C7H10NO.Li/c1-12(2)20-13(3)19-11-16(20)17(21)10-6-8-14-7-4-5-9-15(14)18;9-7-2-1-4-8-5-3-6-8;/h4-5,7,9,11-12H,1,3,6,8,10H2,2H3;1-2H,3-6H2;/q-2;-1;+1/b;2-1+;/t12-;;/m1../s1. The molecule has 0 N–H and O–H groups in total. The van der Waals surface area contributed by atoms with E-state index in [-0.39, 0.29) is 30.7 Å². The number of likely N-dealkylation sites (tertiary alicyclic amines) is 1. The molecule has 3 rings (SSSR count). The first kappa shape index (κ1) is 27.3. The Morgan fingerprint density at radius 1 is 1.35 bits per heavy atom. The molecule has 0 amide bonds. The van der Waals surface area contributed by atoms with Crippen molar-refractivity contribution in [3.05, 3.63) is 78.6 Å². The molecule has 1 aliphatic rings. The number of Topliss-reactive ketones (excluding diaryl/α,β-unsaturated/α-hetero) is 1. The molecule has 0 saturated carbocycles. The van der Waals surface area contributed by atoms with Gasteiger partial charge >= 0.3 is 18.9 Å². The van der Waals surface area contributed by atoms with Gasteiger partial charge in [0.05, 0.1) is 11.9 Å². The molecule has 7 heteroatoms. The van der Waals surface area contributed by atoms with Gasteiger partial charge in [0, 0.05) is 11.4 Å². The van der Waals surface area contributed by atoms with Crippen molar-refractivity contribution < 1.29 is 28.4 Å². The molecule has 31 heavy (non-hydrogen) atoms. The Bertz CT molecular complexity index is 860. The summed E-state index contributed by atoms with van der Waals surface area (Å²) in [7, 11) is 0. The number of aryl methyl sites for hydroxylation is 1. The van der Waals surface area contributed by atoms with Crippen LogP contribution in [0.3, 0.4) is 0 Å². The Labute approximate surface area is 203 Å². The summed E-state index contributed by atoms with van der Waals surface area (Å²) in [5.41, 5.74) is 1.66. The minimum atomic E-state index is -0.0671. The molecule has 0 unspecified atom stereocenters. The predicted molar refractivity (Wildman–Crippen MR) is 121 cm³/mol. The first-order valence-corrected chi connectivity index (χ1v) is 10.6. The third-order valence-corrected chi connectivity index (χ3v) is 5.27. The molecule has 2 aromatic rings. The maximum Gasteiger partial charge on any atom is 1.00 e. The number of halogens is 1. The van der Waals surface area contributed by atoms with Crippen molar-refractivity contribution in [1.29, 1.82) is 0 Å². The minimum absolute atomic E-state index is 0. The van der Waals surface area contributed by atoms with E-state index in [0.29, 0.717) is 17.9 Å². The van der Waals surface area contributed by atoms with Gasteiger partial charge in [-0.1, -0.05) is 42.8 Å². The van der Waals surface area contributed by atoms with E-state index in [4.69, 9.17) is 11.6 Å². The fourth-order valence-electron chi connectivity index (χ4n) is 3.18. The van der Waals surface area contributed by atoms with E-state index in [1.165, 1.54) is 25.6 Å². The molecular formula is C24H29ClLiN3O2-2. The predicted octanol–water partition coefficient (Wildman–Crippen LogP) is 1.68. The molecule has 0 aliphatic carbocycles. The van der Waals surface area contributed by atoms with E-state index in [1.807, 2.05) is 37.3 Å². The van der Waals surface area contributed by atoms with E-state index in [0.717, 1.165) is 30.0 Å². The zero-order valence-corrected chi connectivity index (χ0v) is 19.3. The fraction of sp³-hybridized carbons (Fsp3) is 0.375. The van der Waals surface area contributed by atoms with Crippen LogP contribution in [0.1, 0.15) is 54.1 Å². The fourth-order valence-corrected chi connectivity index (χ4v) is 3.41. The van der Waals surface area contributed by atoms with Crippen LogP contribution in [0.2, 0.25) is 5.02 Å². The van der Waals surface area contributed by atoms with Crippen LogP contribution >= 0.6 is 11.6 Å². The van der Waals surface area contributed by atoms with Gasteiger partial charge in [-0.3, -0.25) is 9.78 Å². The van der Waals surface area contributed by atoms with Crippen molar-refractivity contribution in [1.82, 2.24) is 14.5 Å². The molecule has 1 aliphatic heterocycles. The van der Waals surface area contributed by atoms with E-state index in [1.54, 1.807) is 17.1 Å². The second-order valence-electron chi connectivity index (χ2n) is 7.32. The molecule has 1 atom stereocenters. The van der Waals surface area contributed by atoms with Crippen LogP contribution in [0.25, 0.3) is 0 Å². The van der Waals surface area contributed by atoms with Gasteiger partial charge in [0.15, 0.2) is 5.78 Å². The van der Waals surface area contributed by atoms with Crippen molar-refractivity contribution in [2.45, 2.75) is 38.6 Å². The molecule has 1 fully saturated rings. The van der Waals surface area contributed by atoms with Crippen LogP contribution in [-0.4, -0.2) is 46.2 Å². The summed E-state index contributed by atoms with van der Waals surface area (Å²) in [6, 6.07) is 7.65. The molecule has 5 nitrogen and oxygen atoms in total. The molecule has 162 valence electrons. The number of imidazole rings is 1. The van der Waals surface area contributed by atoms with Gasteiger partial charge in [-0.25, -0.2) is 6.08 Å². The third kappa shape index (κ3) is 8.71. The van der Waals surface area contributed by atoms with Gasteiger partial charge < -0.3 is 28.1 Å². The summed E-state index contributed by atoms with van der Waals surface area (Å²) in [6.07, 6.45) is 9.88. The Hall–Kier alpha value is -1.77. The maximum atomic E-state index is 12.3. The summed E-state index contributed by atoms with van der Waals surface area (Å²) >= 11 is 6.11. The number of nitrogens with zero attached hydrogens (tertiary/aromatic N) is 3. The van der Waals surface area contributed by atoms with Gasteiger partial charge in [-0.05, 0) is 62.6 Å². The van der Waals surface area contributed by atoms with Crippen molar-refractivity contribution in [3.63, 3.8) is 0 Å². The Morgan fingerprint density at radius 2 is 2.06 bits per heavy atom. The second kappa shape index (κ2) is 14.3. The number of carbonyl (C=O) groups is 1. The van der Waals surface area contributed by atoms with Gasteiger partial charge in [0.25, 0.3) is 0 Å². The topological polar surface area (TPSA) is 55.2 Å². The maximum absolute atomic E-state index is 12.3. The summed E-state index contributed by atoms with van der Waals surface area (Å²) in [4.78, 5) is 28.4. The molecule has 1 aromatic heterocycles. The minimum Gasteiger partial charge on any atom is -0.419 e. The quantitative estimate of drug-likeness (QED) is 0.261. The van der Waals surface area contributed by atoms with Crippen molar-refractivity contribution in [3.8, 4) is 0 Å². The normalized spacial score (nSPS) is 14.2. The molecule has 1 saturated heterocycles. The number of hydrogen-bond acceptors (Lipinski definition) is 4. The average molecular weight is 434 g/mol. The molecule has 2 heterocycles. The van der Waals surface area contributed by atoms with E-state index >= 15 is 0 Å². The number of aromatic nitrogens is 2. The molecule has 1 aromatic carbocycles. The summed E-state index contributed by atoms with van der Waals surface area (Å²) in [5.74, 6) is 0.645. The number of carbonyl (C=O) groups excluding carboxylic acids is 2. The van der Waals surface area contributed by atoms with E-state index in [9.17, 15) is 9.59 Å². The number of hydrogen-bond donors (Lipinski definition) is 0. The Balaban J connectivity index is 0.000000404. The Kier molecular flexibility index (Phi) is 12.6. The summed E-state index contributed by atoms with van der Waals surface area (Å²) in [6.45, 7) is 13.0. The van der Waals surface area contributed by atoms with E-state index < -0.39 is 0 Å². The number of ketones is 1. The van der Waals surface area contributed by atoms with Crippen LogP contribution in [0.4, 0.5) is 0 Å². The molecule has 0 spiro atoms. The molecule has 0 bridgehead atoms. The smallest absolute Gasteiger partial charge is 0.419 e. The first-order chi connectivity index (χ1) is 14.4. The van der Waals surface area contributed by atoms with Gasteiger partial charge in [-0.15, -0.1) is 0 Å². The number of allylic oxidation sites excluding steroid dienone is 1. The summed E-state index contributed by atoms with van der Waals surface area (Å²) in [5, 5.41) is 0.751. The summed E-state index contributed by atoms with van der Waals surface area (Å²) < 4.78 is 1.78. The van der Waals surface area contributed by atoms with Crippen LogP contribution in [0.5, 0.6) is 0 Å². The third-order valence-electron chi connectivity index (χ3n) is 4.91. The number of benzene rings is 1. The number of rotatable bonds is 9. The van der Waals surface area contributed by atoms with Crippen LogP contribution < -0.4 is 18.9 Å². The van der Waals surface area contributed by atoms with Crippen molar-refractivity contribution in [2.24, 2.45) is 0 Å². The average Bonchev–Trinajstić information content (AvgIpc) is 3.08. The van der Waals surface area contributed by atoms with Crippen LogP contribution in [0, 0.1) is 13.8 Å². The zero-order chi connectivity index (χ0) is 21.9. The van der Waals surface area contributed by atoms with Crippen LogP contribution in [0.15, 0.2) is 42.6 Å². The molecule has 0 radical (unpaired) electrons. The van der Waals surface area contributed by atoms with Crippen LogP contribution in [-0.2, 0) is 11.2 Å². The van der Waals surface area contributed by atoms with Gasteiger partial charge in [0.1, 0.15) is 0 Å². The monoisotopic (exact) mass is 433 g/mol. The zero-order valence-electron chi connectivity index (χ0n) is 18.5. The molecular weight excluding hydrogens is 405 g/mol. The second-order valence-corrected chi connectivity index (χ2v) is 7.73.